The average Bonchev–Trinajstić information content (AvgIpc) is 3.04. The molecule has 0 saturated carbocycles. The predicted octanol–water partition coefficient (Wildman–Crippen LogP) is 3.97. The molecule has 2 aromatic rings. The number of aromatic carboxylic acids is 1. The van der Waals surface area contributed by atoms with Crippen molar-refractivity contribution in [1.29, 1.82) is 0 Å². The van der Waals surface area contributed by atoms with Gasteiger partial charge < -0.3 is 14.9 Å². The Morgan fingerprint density at radius 3 is 2.40 bits per heavy atom. The van der Waals surface area contributed by atoms with Gasteiger partial charge in [0.05, 0.1) is 12.1 Å². The topological polar surface area (TPSA) is 110 Å². The molecule has 0 amide bonds. The number of carboxylic acids is 2. The third kappa shape index (κ3) is 6.30. The molecule has 0 aliphatic heterocycles. The van der Waals surface area contributed by atoms with E-state index in [2.05, 4.69) is 9.97 Å². The SMILES string of the molecule is O=C(O)CCCCCCCCCOc1cc(C(=O)O)nc2ncsc12. The zero-order valence-electron chi connectivity index (χ0n) is 13.9. The Hall–Kier alpha value is -2.22. The lowest BCUT2D eigenvalue weighted by molar-refractivity contribution is -0.137. The van der Waals surface area contributed by atoms with Crippen LogP contribution in [0.25, 0.3) is 10.3 Å². The number of rotatable bonds is 12. The van der Waals surface area contributed by atoms with Crippen LogP contribution in [0.5, 0.6) is 5.75 Å². The largest absolute Gasteiger partial charge is 0.492 e. The van der Waals surface area contributed by atoms with Crippen molar-refractivity contribution in [2.24, 2.45) is 0 Å². The van der Waals surface area contributed by atoms with E-state index in [4.69, 9.17) is 14.9 Å². The van der Waals surface area contributed by atoms with E-state index in [1.165, 1.54) is 17.4 Å². The number of unbranched alkanes of at least 4 members (excludes halogenated alkanes) is 6. The number of ether oxygens (including phenoxy) is 1. The molecular formula is C17H22N2O5S. The average molecular weight is 366 g/mol. The van der Waals surface area contributed by atoms with Gasteiger partial charge in [0, 0.05) is 12.5 Å². The molecule has 136 valence electrons. The second kappa shape index (κ2) is 9.93. The molecule has 0 aliphatic rings. The van der Waals surface area contributed by atoms with Crippen molar-refractivity contribution in [2.75, 3.05) is 6.61 Å². The first-order chi connectivity index (χ1) is 12.1. The molecule has 0 atom stereocenters. The third-order valence-electron chi connectivity index (χ3n) is 3.78. The number of aromatic nitrogens is 2. The number of hydrogen-bond donors (Lipinski definition) is 2. The first-order valence-electron chi connectivity index (χ1n) is 8.40. The normalized spacial score (nSPS) is 10.9. The number of aliphatic carboxylic acids is 1. The van der Waals surface area contributed by atoms with E-state index in [1.807, 2.05) is 0 Å². The number of carboxylic acid groups (broad SMARTS) is 2. The summed E-state index contributed by atoms with van der Waals surface area (Å²) in [6.07, 6.45) is 7.12. The number of fused-ring (bicyclic) bond motifs is 1. The molecule has 0 saturated heterocycles. The summed E-state index contributed by atoms with van der Waals surface area (Å²) < 4.78 is 6.51. The fourth-order valence-corrected chi connectivity index (χ4v) is 3.18. The quantitative estimate of drug-likeness (QED) is 0.547. The van der Waals surface area contributed by atoms with Crippen LogP contribution in [-0.4, -0.2) is 38.7 Å². The Balaban J connectivity index is 1.67. The summed E-state index contributed by atoms with van der Waals surface area (Å²) in [6.45, 7) is 0.523. The lowest BCUT2D eigenvalue weighted by Gasteiger charge is -2.07. The Bertz CT molecular complexity index is 716. The Kier molecular flexibility index (Phi) is 7.59. The van der Waals surface area contributed by atoms with E-state index < -0.39 is 11.9 Å². The van der Waals surface area contributed by atoms with Crippen molar-refractivity contribution in [2.45, 2.75) is 51.4 Å². The lowest BCUT2D eigenvalue weighted by Crippen LogP contribution is -2.03. The van der Waals surface area contributed by atoms with Crippen LogP contribution in [0, 0.1) is 0 Å². The van der Waals surface area contributed by atoms with E-state index in [9.17, 15) is 9.59 Å². The predicted molar refractivity (Wildman–Crippen MR) is 94.4 cm³/mol. The Morgan fingerprint density at radius 1 is 1.04 bits per heavy atom. The smallest absolute Gasteiger partial charge is 0.354 e. The summed E-state index contributed by atoms with van der Waals surface area (Å²) in [7, 11) is 0. The highest BCUT2D eigenvalue weighted by Crippen LogP contribution is 2.28. The standard InChI is InChI=1S/C17H22N2O5S/c20-14(21)8-6-4-2-1-3-5-7-9-24-13-10-12(17(22)23)19-16-15(13)25-11-18-16/h10-11H,1-9H2,(H,20,21)(H,22,23). The van der Waals surface area contributed by atoms with E-state index in [-0.39, 0.29) is 12.1 Å². The molecule has 7 nitrogen and oxygen atoms in total. The summed E-state index contributed by atoms with van der Waals surface area (Å²) in [5, 5.41) is 17.6. The van der Waals surface area contributed by atoms with Gasteiger partial charge in [0.2, 0.25) is 0 Å². The minimum atomic E-state index is -1.09. The second-order valence-electron chi connectivity index (χ2n) is 5.78. The van der Waals surface area contributed by atoms with E-state index >= 15 is 0 Å². The first kappa shape index (κ1) is 19.1. The van der Waals surface area contributed by atoms with Gasteiger partial charge in [-0.15, -0.1) is 11.3 Å². The molecular weight excluding hydrogens is 344 g/mol. The van der Waals surface area contributed by atoms with Crippen LogP contribution >= 0.6 is 11.3 Å². The summed E-state index contributed by atoms with van der Waals surface area (Å²) >= 11 is 1.38. The van der Waals surface area contributed by atoms with E-state index in [0.717, 1.165) is 49.6 Å². The van der Waals surface area contributed by atoms with Crippen molar-refractivity contribution in [3.8, 4) is 5.75 Å². The molecule has 2 rings (SSSR count). The zero-order chi connectivity index (χ0) is 18.1. The summed E-state index contributed by atoms with van der Waals surface area (Å²) in [5.41, 5.74) is 1.97. The highest BCUT2D eigenvalue weighted by molar-refractivity contribution is 7.17. The molecule has 0 bridgehead atoms. The second-order valence-corrected chi connectivity index (χ2v) is 6.64. The zero-order valence-corrected chi connectivity index (χ0v) is 14.8. The van der Waals surface area contributed by atoms with Gasteiger partial charge in [-0.2, -0.15) is 0 Å². The van der Waals surface area contributed by atoms with Gasteiger partial charge in [0.25, 0.3) is 0 Å². The first-order valence-corrected chi connectivity index (χ1v) is 9.28. The van der Waals surface area contributed by atoms with Crippen molar-refractivity contribution in [3.05, 3.63) is 17.3 Å². The summed E-state index contributed by atoms with van der Waals surface area (Å²) in [4.78, 5) is 29.5. The Morgan fingerprint density at radius 2 is 1.72 bits per heavy atom. The molecule has 2 heterocycles. The molecule has 0 radical (unpaired) electrons. The van der Waals surface area contributed by atoms with Crippen molar-refractivity contribution in [1.82, 2.24) is 9.97 Å². The van der Waals surface area contributed by atoms with Gasteiger partial charge >= 0.3 is 11.9 Å². The summed E-state index contributed by atoms with van der Waals surface area (Å²) in [5.74, 6) is -1.30. The molecule has 0 fully saturated rings. The molecule has 0 aromatic carbocycles. The maximum Gasteiger partial charge on any atom is 0.354 e. The van der Waals surface area contributed by atoms with Crippen LogP contribution < -0.4 is 4.74 Å². The number of carbonyl (C=O) groups is 2. The van der Waals surface area contributed by atoms with Gasteiger partial charge in [0.15, 0.2) is 11.3 Å². The molecule has 0 unspecified atom stereocenters. The van der Waals surface area contributed by atoms with Gasteiger partial charge in [0.1, 0.15) is 10.4 Å². The van der Waals surface area contributed by atoms with Gasteiger partial charge in [-0.1, -0.05) is 32.1 Å². The van der Waals surface area contributed by atoms with Crippen molar-refractivity contribution in [3.63, 3.8) is 0 Å². The van der Waals surface area contributed by atoms with Crippen LogP contribution in [0.1, 0.15) is 61.9 Å². The monoisotopic (exact) mass is 366 g/mol. The number of hydrogen-bond acceptors (Lipinski definition) is 6. The highest BCUT2D eigenvalue weighted by atomic mass is 32.1. The van der Waals surface area contributed by atoms with Crippen LogP contribution in [-0.2, 0) is 4.79 Å². The minimum Gasteiger partial charge on any atom is -0.492 e. The van der Waals surface area contributed by atoms with Crippen LogP contribution in [0.2, 0.25) is 0 Å². The third-order valence-corrected chi connectivity index (χ3v) is 4.61. The molecule has 0 spiro atoms. The molecule has 25 heavy (non-hydrogen) atoms. The van der Waals surface area contributed by atoms with Crippen molar-refractivity contribution < 1.29 is 24.5 Å². The van der Waals surface area contributed by atoms with E-state index in [0.29, 0.717) is 18.0 Å². The molecule has 8 heteroatoms. The fourth-order valence-electron chi connectivity index (χ4n) is 2.49. The maximum absolute atomic E-state index is 11.1. The minimum absolute atomic E-state index is 0.0604. The number of thiazole rings is 1. The Labute approximate surface area is 149 Å². The van der Waals surface area contributed by atoms with Crippen molar-refractivity contribution >= 4 is 33.6 Å². The number of nitrogens with zero attached hydrogens (tertiary/aromatic N) is 2. The molecule has 2 N–H and O–H groups in total. The molecule has 2 aromatic heterocycles. The fraction of sp³-hybridized carbons (Fsp3) is 0.529. The lowest BCUT2D eigenvalue weighted by atomic mass is 10.1. The summed E-state index contributed by atoms with van der Waals surface area (Å²) in [6, 6.07) is 1.45. The maximum atomic E-state index is 11.1. The van der Waals surface area contributed by atoms with Crippen LogP contribution in [0.15, 0.2) is 11.6 Å². The molecule has 0 aliphatic carbocycles. The highest BCUT2D eigenvalue weighted by Gasteiger charge is 2.13. The number of pyridine rings is 1. The van der Waals surface area contributed by atoms with E-state index in [1.54, 1.807) is 5.51 Å². The van der Waals surface area contributed by atoms with Crippen LogP contribution in [0.3, 0.4) is 0 Å². The van der Waals surface area contributed by atoms with Gasteiger partial charge in [-0.25, -0.2) is 14.8 Å². The van der Waals surface area contributed by atoms with Gasteiger partial charge in [-0.3, -0.25) is 4.79 Å². The van der Waals surface area contributed by atoms with Gasteiger partial charge in [-0.05, 0) is 12.8 Å². The van der Waals surface area contributed by atoms with Crippen LogP contribution in [0.4, 0.5) is 0 Å².